The summed E-state index contributed by atoms with van der Waals surface area (Å²) in [6.45, 7) is 7.94. The molecule has 0 bridgehead atoms. The van der Waals surface area contributed by atoms with E-state index < -0.39 is 0 Å². The highest BCUT2D eigenvalue weighted by Gasteiger charge is 2.23. The summed E-state index contributed by atoms with van der Waals surface area (Å²) in [5, 5.41) is 6.50. The molecule has 0 radical (unpaired) electrons. The number of hydrogen-bond acceptors (Lipinski definition) is 2. The molecular weight excluding hydrogens is 296 g/mol. The summed E-state index contributed by atoms with van der Waals surface area (Å²) in [5.41, 5.74) is 2.26. The van der Waals surface area contributed by atoms with Gasteiger partial charge in [0, 0.05) is 13.1 Å². The molecule has 2 aromatic carbocycles. The molecule has 0 saturated carbocycles. The first-order valence-corrected chi connectivity index (χ1v) is 8.62. The molecule has 24 heavy (non-hydrogen) atoms. The summed E-state index contributed by atoms with van der Waals surface area (Å²) in [7, 11) is 0. The summed E-state index contributed by atoms with van der Waals surface area (Å²) in [5.74, 6) is 0.0111. The van der Waals surface area contributed by atoms with Crippen molar-refractivity contribution >= 4 is 5.91 Å². The Kier molecular flexibility index (Phi) is 6.56. The van der Waals surface area contributed by atoms with Gasteiger partial charge in [0.05, 0.1) is 0 Å². The Labute approximate surface area is 145 Å². The molecule has 0 saturated heterocycles. The second kappa shape index (κ2) is 8.65. The zero-order valence-electron chi connectivity index (χ0n) is 14.9. The molecule has 2 N–H and O–H groups in total. The van der Waals surface area contributed by atoms with Crippen molar-refractivity contribution in [3.05, 3.63) is 71.8 Å². The highest BCUT2D eigenvalue weighted by molar-refractivity contribution is 5.83. The quantitative estimate of drug-likeness (QED) is 0.768. The predicted octanol–water partition coefficient (Wildman–Crippen LogP) is 4.07. The van der Waals surface area contributed by atoms with Gasteiger partial charge < -0.3 is 10.6 Å². The highest BCUT2D eigenvalue weighted by Crippen LogP contribution is 2.21. The monoisotopic (exact) mass is 324 g/mol. The SMILES string of the molecule is CCC(C)(C)CN[C@@H](C(=O)NCc1ccccc1)c1ccccc1. The van der Waals surface area contributed by atoms with Gasteiger partial charge in [-0.15, -0.1) is 0 Å². The third-order valence-corrected chi connectivity index (χ3v) is 4.45. The number of amides is 1. The van der Waals surface area contributed by atoms with E-state index in [2.05, 4.69) is 31.4 Å². The van der Waals surface area contributed by atoms with Crippen molar-refractivity contribution in [2.45, 2.75) is 39.8 Å². The Bertz CT molecular complexity index is 623. The van der Waals surface area contributed by atoms with Crippen molar-refractivity contribution in [2.24, 2.45) is 5.41 Å². The molecule has 128 valence electrons. The molecule has 0 fully saturated rings. The zero-order valence-corrected chi connectivity index (χ0v) is 14.9. The van der Waals surface area contributed by atoms with Gasteiger partial charge in [0.15, 0.2) is 0 Å². The lowest BCUT2D eigenvalue weighted by Crippen LogP contribution is -2.41. The van der Waals surface area contributed by atoms with Crippen LogP contribution in [0.25, 0.3) is 0 Å². The van der Waals surface area contributed by atoms with Crippen molar-refractivity contribution in [2.75, 3.05) is 6.54 Å². The minimum Gasteiger partial charge on any atom is -0.350 e. The van der Waals surface area contributed by atoms with Crippen molar-refractivity contribution < 1.29 is 4.79 Å². The number of carbonyl (C=O) groups is 1. The second-order valence-electron chi connectivity index (χ2n) is 6.95. The van der Waals surface area contributed by atoms with Gasteiger partial charge in [-0.2, -0.15) is 0 Å². The molecular formula is C21H28N2O. The fraction of sp³-hybridized carbons (Fsp3) is 0.381. The lowest BCUT2D eigenvalue weighted by molar-refractivity contribution is -0.123. The number of carbonyl (C=O) groups excluding carboxylic acids is 1. The lowest BCUT2D eigenvalue weighted by Gasteiger charge is -2.27. The smallest absolute Gasteiger partial charge is 0.242 e. The van der Waals surface area contributed by atoms with Crippen LogP contribution in [-0.2, 0) is 11.3 Å². The molecule has 0 aliphatic carbocycles. The van der Waals surface area contributed by atoms with E-state index in [9.17, 15) is 4.79 Å². The van der Waals surface area contributed by atoms with Crippen LogP contribution in [-0.4, -0.2) is 12.5 Å². The maximum absolute atomic E-state index is 12.7. The van der Waals surface area contributed by atoms with Crippen LogP contribution in [0.4, 0.5) is 0 Å². The van der Waals surface area contributed by atoms with Crippen LogP contribution in [0, 0.1) is 5.41 Å². The molecule has 0 aromatic heterocycles. The van der Waals surface area contributed by atoms with E-state index in [0.717, 1.165) is 24.1 Å². The van der Waals surface area contributed by atoms with E-state index in [0.29, 0.717) is 6.54 Å². The van der Waals surface area contributed by atoms with Crippen LogP contribution < -0.4 is 10.6 Å². The number of benzene rings is 2. The Balaban J connectivity index is 2.05. The van der Waals surface area contributed by atoms with E-state index >= 15 is 0 Å². The van der Waals surface area contributed by atoms with Gasteiger partial charge in [0.2, 0.25) is 5.91 Å². The Morgan fingerprint density at radius 1 is 1.00 bits per heavy atom. The molecule has 0 unspecified atom stereocenters. The van der Waals surface area contributed by atoms with E-state index in [-0.39, 0.29) is 17.4 Å². The summed E-state index contributed by atoms with van der Waals surface area (Å²) in [4.78, 5) is 12.7. The maximum Gasteiger partial charge on any atom is 0.242 e. The van der Waals surface area contributed by atoms with Gasteiger partial charge in [0.25, 0.3) is 0 Å². The van der Waals surface area contributed by atoms with Crippen LogP contribution in [0.5, 0.6) is 0 Å². The van der Waals surface area contributed by atoms with E-state index in [1.54, 1.807) is 0 Å². The van der Waals surface area contributed by atoms with Crippen molar-refractivity contribution in [1.82, 2.24) is 10.6 Å². The van der Waals surface area contributed by atoms with Gasteiger partial charge in [-0.05, 0) is 23.0 Å². The highest BCUT2D eigenvalue weighted by atomic mass is 16.2. The second-order valence-corrected chi connectivity index (χ2v) is 6.95. The normalized spacial score (nSPS) is 12.6. The first kappa shape index (κ1) is 18.2. The fourth-order valence-electron chi connectivity index (χ4n) is 2.40. The molecule has 0 spiro atoms. The fourth-order valence-corrected chi connectivity index (χ4v) is 2.40. The molecule has 1 amide bonds. The van der Waals surface area contributed by atoms with Crippen LogP contribution in [0.15, 0.2) is 60.7 Å². The van der Waals surface area contributed by atoms with E-state index in [4.69, 9.17) is 0 Å². The molecule has 2 rings (SSSR count). The standard InChI is InChI=1S/C21H28N2O/c1-4-21(2,3)16-23-19(18-13-9-6-10-14-18)20(24)22-15-17-11-7-5-8-12-17/h5-14,19,23H,4,15-16H2,1-3H3,(H,22,24)/t19-/m1/s1. The van der Waals surface area contributed by atoms with E-state index in [1.807, 2.05) is 60.7 Å². The largest absolute Gasteiger partial charge is 0.350 e. The van der Waals surface area contributed by atoms with Crippen molar-refractivity contribution in [3.63, 3.8) is 0 Å². The van der Waals surface area contributed by atoms with Gasteiger partial charge >= 0.3 is 0 Å². The van der Waals surface area contributed by atoms with Gasteiger partial charge in [-0.25, -0.2) is 0 Å². The molecule has 3 heteroatoms. The number of hydrogen-bond donors (Lipinski definition) is 2. The predicted molar refractivity (Wildman–Crippen MR) is 99.5 cm³/mol. The van der Waals surface area contributed by atoms with Crippen LogP contribution in [0.1, 0.15) is 44.4 Å². The number of nitrogens with one attached hydrogen (secondary N) is 2. The average Bonchev–Trinajstić information content (AvgIpc) is 2.62. The Hall–Kier alpha value is -2.13. The molecule has 1 atom stereocenters. The minimum atomic E-state index is -0.333. The van der Waals surface area contributed by atoms with E-state index in [1.165, 1.54) is 0 Å². The van der Waals surface area contributed by atoms with Crippen LogP contribution in [0.3, 0.4) is 0 Å². The van der Waals surface area contributed by atoms with Crippen LogP contribution in [0.2, 0.25) is 0 Å². The van der Waals surface area contributed by atoms with Crippen LogP contribution >= 0.6 is 0 Å². The molecule has 0 aliphatic rings. The summed E-state index contributed by atoms with van der Waals surface area (Å²) >= 11 is 0. The minimum absolute atomic E-state index is 0.0111. The first-order chi connectivity index (χ1) is 11.5. The van der Waals surface area contributed by atoms with Crippen molar-refractivity contribution in [1.29, 1.82) is 0 Å². The topological polar surface area (TPSA) is 41.1 Å². The van der Waals surface area contributed by atoms with Gasteiger partial charge in [0.1, 0.15) is 6.04 Å². The first-order valence-electron chi connectivity index (χ1n) is 8.62. The molecule has 0 heterocycles. The summed E-state index contributed by atoms with van der Waals surface area (Å²) < 4.78 is 0. The average molecular weight is 324 g/mol. The molecule has 0 aliphatic heterocycles. The molecule has 2 aromatic rings. The Morgan fingerprint density at radius 2 is 1.58 bits per heavy atom. The zero-order chi connectivity index (χ0) is 17.4. The lowest BCUT2D eigenvalue weighted by atomic mass is 9.89. The van der Waals surface area contributed by atoms with Crippen molar-refractivity contribution in [3.8, 4) is 0 Å². The summed E-state index contributed by atoms with van der Waals surface area (Å²) in [6, 6.07) is 19.6. The molecule has 3 nitrogen and oxygen atoms in total. The maximum atomic E-state index is 12.7. The summed E-state index contributed by atoms with van der Waals surface area (Å²) in [6.07, 6.45) is 1.06. The number of rotatable bonds is 8. The third kappa shape index (κ3) is 5.50. The third-order valence-electron chi connectivity index (χ3n) is 4.45. The van der Waals surface area contributed by atoms with Gasteiger partial charge in [-0.1, -0.05) is 81.4 Å². The van der Waals surface area contributed by atoms with Gasteiger partial charge in [-0.3, -0.25) is 4.79 Å². The Morgan fingerprint density at radius 3 is 2.17 bits per heavy atom.